The van der Waals surface area contributed by atoms with E-state index in [0.717, 1.165) is 30.4 Å². The van der Waals surface area contributed by atoms with E-state index in [-0.39, 0.29) is 29.4 Å². The maximum absolute atomic E-state index is 13.0. The Labute approximate surface area is 328 Å². The number of hydrogen-bond donors (Lipinski definition) is 1. The Kier molecular flexibility index (Phi) is 30.1. The Morgan fingerprint density at radius 1 is 0.741 bits per heavy atom. The number of nitrogens with one attached hydrogen (secondary N) is 1. The first kappa shape index (κ1) is 49.6. The lowest BCUT2D eigenvalue weighted by Gasteiger charge is -2.32. The molecule has 0 spiro atoms. The van der Waals surface area contributed by atoms with E-state index in [1.54, 1.807) is 6.08 Å². The molecule has 0 saturated carbocycles. The van der Waals surface area contributed by atoms with Gasteiger partial charge >= 0.3 is 0 Å². The number of unbranched alkanes of at least 4 members (excludes halogenated alkanes) is 2. The topological polar surface area (TPSA) is 111 Å². The second-order valence-electron chi connectivity index (χ2n) is 14.4. The molecule has 54 heavy (non-hydrogen) atoms. The van der Waals surface area contributed by atoms with E-state index in [2.05, 4.69) is 58.2 Å². The Morgan fingerprint density at radius 2 is 1.28 bits per heavy atom. The van der Waals surface area contributed by atoms with Gasteiger partial charge in [0.1, 0.15) is 0 Å². The molecule has 1 aliphatic rings. The van der Waals surface area contributed by atoms with Crippen molar-refractivity contribution in [2.75, 3.05) is 99.0 Å². The highest BCUT2D eigenvalue weighted by Crippen LogP contribution is 2.40. The molecule has 0 radical (unpaired) electrons. The maximum atomic E-state index is 13.0. The lowest BCUT2D eigenvalue weighted by Crippen LogP contribution is -2.34. The predicted octanol–water partition coefficient (Wildman–Crippen LogP) is 7.93. The molecule has 1 aliphatic carbocycles. The fraction of sp³-hybridized carbons (Fsp3) is 0.727. The van der Waals surface area contributed by atoms with E-state index in [4.69, 9.17) is 33.2 Å². The summed E-state index contributed by atoms with van der Waals surface area (Å²) in [6.45, 7) is 22.6. The molecule has 310 valence electrons. The molecule has 0 aliphatic heterocycles. The zero-order valence-corrected chi connectivity index (χ0v) is 35.0. The Bertz CT molecular complexity index is 1150. The molecule has 1 amide bonds. The van der Waals surface area contributed by atoms with Gasteiger partial charge < -0.3 is 38.5 Å². The minimum atomic E-state index is -0.352. The van der Waals surface area contributed by atoms with E-state index in [1.807, 2.05) is 26.0 Å². The van der Waals surface area contributed by atoms with Crippen LogP contribution in [-0.2, 0) is 42.7 Å². The summed E-state index contributed by atoms with van der Waals surface area (Å²) in [5.74, 6) is -0.475. The van der Waals surface area contributed by atoms with Crippen molar-refractivity contribution < 1.29 is 42.7 Å². The Hall–Kier alpha value is -2.44. The minimum Gasteiger partial charge on any atom is -0.379 e. The molecule has 0 aromatic rings. The van der Waals surface area contributed by atoms with Crippen molar-refractivity contribution in [1.29, 1.82) is 0 Å². The van der Waals surface area contributed by atoms with Gasteiger partial charge in [-0.2, -0.15) is 0 Å². The van der Waals surface area contributed by atoms with Crippen LogP contribution >= 0.6 is 0 Å². The number of carbonyl (C=O) groups excluding carboxylic acids is 2. The molecule has 1 rings (SSSR count). The third kappa shape index (κ3) is 26.4. The molecule has 0 heterocycles. The lowest BCUT2D eigenvalue weighted by molar-refractivity contribution is -0.128. The van der Waals surface area contributed by atoms with Gasteiger partial charge in [0.2, 0.25) is 5.91 Å². The van der Waals surface area contributed by atoms with Crippen molar-refractivity contribution in [3.63, 3.8) is 0 Å². The molecule has 0 bridgehead atoms. The molecule has 1 atom stereocenters. The molecule has 0 fully saturated rings. The number of rotatable bonds is 34. The van der Waals surface area contributed by atoms with Crippen molar-refractivity contribution in [3.8, 4) is 0 Å². The van der Waals surface area contributed by atoms with Gasteiger partial charge in [-0.3, -0.25) is 9.59 Å². The van der Waals surface area contributed by atoms with Crippen molar-refractivity contribution in [2.45, 2.75) is 99.8 Å². The fourth-order valence-corrected chi connectivity index (χ4v) is 6.06. The number of hydrogen-bond acceptors (Lipinski definition) is 9. The van der Waals surface area contributed by atoms with Crippen LogP contribution in [0, 0.1) is 11.3 Å². The molecule has 0 saturated heterocycles. The Balaban J connectivity index is 2.23. The molecule has 10 heteroatoms. The van der Waals surface area contributed by atoms with Gasteiger partial charge in [-0.1, -0.05) is 81.6 Å². The van der Waals surface area contributed by atoms with Crippen LogP contribution in [0.1, 0.15) is 99.8 Å². The van der Waals surface area contributed by atoms with Crippen LogP contribution in [0.2, 0.25) is 0 Å². The highest BCUT2D eigenvalue weighted by Gasteiger charge is 2.26. The summed E-state index contributed by atoms with van der Waals surface area (Å²) < 4.78 is 38.2. The molecule has 10 nitrogen and oxygen atoms in total. The van der Waals surface area contributed by atoms with Crippen molar-refractivity contribution in [1.82, 2.24) is 5.32 Å². The maximum Gasteiger partial charge on any atom is 0.223 e. The number of amides is 1. The van der Waals surface area contributed by atoms with Gasteiger partial charge in [0.15, 0.2) is 5.78 Å². The van der Waals surface area contributed by atoms with Crippen molar-refractivity contribution in [2.24, 2.45) is 11.3 Å². The fourth-order valence-electron chi connectivity index (χ4n) is 6.06. The van der Waals surface area contributed by atoms with Crippen molar-refractivity contribution in [3.05, 3.63) is 58.7 Å². The Morgan fingerprint density at radius 3 is 1.80 bits per heavy atom. The van der Waals surface area contributed by atoms with Crippen LogP contribution < -0.4 is 5.32 Å². The van der Waals surface area contributed by atoms with E-state index >= 15 is 0 Å². The van der Waals surface area contributed by atoms with Crippen LogP contribution in [0.4, 0.5) is 0 Å². The number of ketones is 1. The first-order chi connectivity index (χ1) is 26.1. The van der Waals surface area contributed by atoms with Crippen molar-refractivity contribution >= 4 is 11.7 Å². The third-order valence-electron chi connectivity index (χ3n) is 9.12. The third-order valence-corrected chi connectivity index (χ3v) is 9.12. The highest BCUT2D eigenvalue weighted by atomic mass is 16.6. The van der Waals surface area contributed by atoms with Gasteiger partial charge in [-0.05, 0) is 76.0 Å². The first-order valence-corrected chi connectivity index (χ1v) is 20.4. The smallest absolute Gasteiger partial charge is 0.223 e. The zero-order chi connectivity index (χ0) is 39.7. The van der Waals surface area contributed by atoms with Gasteiger partial charge in [-0.25, -0.2) is 0 Å². The summed E-state index contributed by atoms with van der Waals surface area (Å²) in [6.07, 6.45) is 19.7. The van der Waals surface area contributed by atoms with Crippen LogP contribution in [0.15, 0.2) is 58.7 Å². The van der Waals surface area contributed by atoms with E-state index in [0.29, 0.717) is 105 Å². The van der Waals surface area contributed by atoms with Crippen LogP contribution in [0.25, 0.3) is 0 Å². The summed E-state index contributed by atoms with van der Waals surface area (Å²) in [7, 11) is 0. The summed E-state index contributed by atoms with van der Waals surface area (Å²) in [5, 5.41) is 2.96. The number of ether oxygens (including phenoxy) is 7. The molecule has 0 aromatic heterocycles. The molecule has 0 aromatic carbocycles. The van der Waals surface area contributed by atoms with E-state index in [9.17, 15) is 9.59 Å². The van der Waals surface area contributed by atoms with E-state index < -0.39 is 0 Å². The minimum absolute atomic E-state index is 0.0300. The second kappa shape index (κ2) is 32.8. The summed E-state index contributed by atoms with van der Waals surface area (Å²) in [4.78, 5) is 26.0. The van der Waals surface area contributed by atoms with Gasteiger partial charge in [0, 0.05) is 25.5 Å². The average molecular weight is 762 g/mol. The number of allylic oxidation sites excluding steroid dienone is 10. The van der Waals surface area contributed by atoms with Gasteiger partial charge in [-0.15, -0.1) is 0 Å². The average Bonchev–Trinajstić information content (AvgIpc) is 3.12. The summed E-state index contributed by atoms with van der Waals surface area (Å²) in [5.41, 5.74) is 5.18. The first-order valence-electron chi connectivity index (χ1n) is 20.4. The second-order valence-corrected chi connectivity index (χ2v) is 14.4. The van der Waals surface area contributed by atoms with Crippen LogP contribution in [0.5, 0.6) is 0 Å². The number of carbonyl (C=O) groups is 2. The largest absolute Gasteiger partial charge is 0.379 e. The molecule has 0 unspecified atom stereocenters. The van der Waals surface area contributed by atoms with Gasteiger partial charge in [0.25, 0.3) is 0 Å². The van der Waals surface area contributed by atoms with Crippen LogP contribution in [-0.4, -0.2) is 111 Å². The van der Waals surface area contributed by atoms with E-state index in [1.165, 1.54) is 30.4 Å². The summed E-state index contributed by atoms with van der Waals surface area (Å²) in [6, 6.07) is 0. The van der Waals surface area contributed by atoms with Gasteiger partial charge in [0.05, 0.1) is 85.9 Å². The quantitative estimate of drug-likeness (QED) is 0.0397. The summed E-state index contributed by atoms with van der Waals surface area (Å²) >= 11 is 0. The SMILES string of the molecule is CCCCC[C@@H](CC(=O)/C=C(C)/C=C/C=C(C)/C=C/C1=C(C)CCCC1(C)C)C(=O)NCCOCCOCCOCCOCCOCCOCCOCC. The van der Waals surface area contributed by atoms with Crippen LogP contribution in [0.3, 0.4) is 0 Å². The predicted molar refractivity (Wildman–Crippen MR) is 218 cm³/mol. The monoisotopic (exact) mass is 762 g/mol. The molecular formula is C44H75NO9. The normalized spacial score (nSPS) is 15.8. The zero-order valence-electron chi connectivity index (χ0n) is 35.0. The lowest BCUT2D eigenvalue weighted by atomic mass is 9.72. The molecular weight excluding hydrogens is 686 g/mol. The molecule has 1 N–H and O–H groups in total. The highest BCUT2D eigenvalue weighted by molar-refractivity contribution is 5.94. The standard InChI is InChI=1S/C44H75NO9/c1-8-10-11-17-40(36-41(46)35-38(4)15-12-14-37(3)18-19-42-39(5)16-13-20-44(42,6)7)43(47)45-21-22-49-25-26-51-29-30-53-33-34-54-32-31-52-28-27-50-24-23-48-9-2/h12,14-15,18-19,35,40H,8-11,13,16-17,20-34,36H2,1-7H3,(H,45,47)/b15-12+,19-18+,37-14+,38-35+/t40-/m0/s1.